The molecule has 2 amide bonds. The van der Waals surface area contributed by atoms with Crippen molar-refractivity contribution in [2.45, 2.75) is 27.4 Å². The molecule has 3 aromatic heterocycles. The molecule has 0 radical (unpaired) electrons. The van der Waals surface area contributed by atoms with Gasteiger partial charge in [0.05, 0.1) is 71.8 Å². The fourth-order valence-corrected chi connectivity index (χ4v) is 17.5. The second kappa shape index (κ2) is 32.2. The van der Waals surface area contributed by atoms with Gasteiger partial charge in [0, 0.05) is 150 Å². The number of methoxy groups -OCH3 is 3. The van der Waals surface area contributed by atoms with E-state index in [0.717, 1.165) is 121 Å². The maximum absolute atomic E-state index is 15.0. The predicted molar refractivity (Wildman–Crippen MR) is 495 cm³/mol. The molecule has 18 rings (SSSR count). The molecule has 0 saturated carbocycles. The number of H-pyrrole nitrogens is 3. The lowest BCUT2D eigenvalue weighted by atomic mass is 9.99. The van der Waals surface area contributed by atoms with Gasteiger partial charge in [-0.05, 0) is 254 Å². The number of hydrogen-bond donors (Lipinski definition) is 3. The van der Waals surface area contributed by atoms with Crippen LogP contribution in [0.1, 0.15) is 43.0 Å². The third-order valence-electron chi connectivity index (χ3n) is 22.1. The van der Waals surface area contributed by atoms with Crippen LogP contribution in [0.5, 0.6) is 17.2 Å². The van der Waals surface area contributed by atoms with Gasteiger partial charge in [-0.1, -0.05) is 106 Å². The third-order valence-corrected chi connectivity index (χ3v) is 23.5. The number of aryl methyl sites for hydroxylation is 3. The molecule has 3 heterocycles. The molecule has 121 heavy (non-hydrogen) atoms. The summed E-state index contributed by atoms with van der Waals surface area (Å²) in [6, 6.07) is 74.4. The van der Waals surface area contributed by atoms with Gasteiger partial charge in [0.15, 0.2) is 17.2 Å². The summed E-state index contributed by atoms with van der Waals surface area (Å²) < 4.78 is 18.9. The van der Waals surface area contributed by atoms with Crippen LogP contribution in [0.3, 0.4) is 0 Å². The number of amides is 2. The Bertz CT molecular complexity index is 7120. The van der Waals surface area contributed by atoms with Crippen molar-refractivity contribution in [1.82, 2.24) is 15.0 Å². The highest BCUT2D eigenvalue weighted by atomic mass is 35.5. The molecule has 0 aliphatic heterocycles. The van der Waals surface area contributed by atoms with E-state index in [0.29, 0.717) is 103 Å². The van der Waals surface area contributed by atoms with Crippen molar-refractivity contribution in [3.63, 3.8) is 0 Å². The van der Waals surface area contributed by atoms with Crippen LogP contribution in [0, 0.1) is 20.8 Å². The molecule has 18 aromatic rings. The number of carbonyl (C=O) groups excluding carboxylic acids is 2. The number of aromatic nitrogens is 3. The van der Waals surface area contributed by atoms with E-state index in [-0.39, 0.29) is 41.0 Å². The van der Waals surface area contributed by atoms with Crippen molar-refractivity contribution in [2.75, 3.05) is 62.2 Å². The minimum atomic E-state index is -0.338. The predicted octanol–water partition coefficient (Wildman–Crippen LogP) is 29.8. The molecular weight excluding hydrogens is 1640 g/mol. The van der Waals surface area contributed by atoms with E-state index in [1.54, 1.807) is 48.2 Å². The Labute approximate surface area is 723 Å². The average Bonchev–Trinajstić information content (AvgIpc) is 1.60. The quantitative estimate of drug-likeness (QED) is 0.0493. The molecule has 0 bridgehead atoms. The van der Waals surface area contributed by atoms with Gasteiger partial charge in [-0.2, -0.15) is 15.3 Å². The van der Waals surface area contributed by atoms with Gasteiger partial charge < -0.3 is 43.9 Å². The lowest BCUT2D eigenvalue weighted by Gasteiger charge is -2.25. The maximum Gasteiger partial charge on any atom is 0.261 e. The lowest BCUT2D eigenvalue weighted by Crippen LogP contribution is -2.27. The largest absolute Gasteiger partial charge is 0.494 e. The number of aromatic amines is 3. The van der Waals surface area contributed by atoms with E-state index in [9.17, 15) is 9.59 Å². The van der Waals surface area contributed by atoms with Gasteiger partial charge >= 0.3 is 0 Å². The van der Waals surface area contributed by atoms with Crippen molar-refractivity contribution >= 4 is 247 Å². The number of fused-ring (bicyclic) bond motifs is 15. The zero-order chi connectivity index (χ0) is 83.9. The van der Waals surface area contributed by atoms with Gasteiger partial charge in [-0.3, -0.25) is 19.5 Å². The second-order valence-electron chi connectivity index (χ2n) is 29.5. The van der Waals surface area contributed by atoms with Crippen LogP contribution in [-0.2, 0) is 11.4 Å². The van der Waals surface area contributed by atoms with Crippen LogP contribution >= 0.6 is 69.6 Å². The Hall–Kier alpha value is -13.1. The SMILES string of the molecule is COc1c(CON(C)c2ccc(Cl)cc2C)cc2ccc3c4cc(Cl)ccc4[nH]c3c2c1N=Nc1ccc(N(c2ccc(N=Nc3c(OC)c(C(=O)N(C)c4ccc(Cl)cc4C)cc4ccc5c6cc(Cl)ccc6[nH]c5c34)cc2)c2ccc(N=Nc3c(OC)c(C(=O)N(C)c4ccc(Cl)cc4C)cc4ccc5c6cc(Cl)ccc6[nH]c5c34)cc2)cc1. The smallest absolute Gasteiger partial charge is 0.261 e. The summed E-state index contributed by atoms with van der Waals surface area (Å²) in [5.41, 5.74) is 15.8. The molecule has 0 atom stereocenters. The lowest BCUT2D eigenvalue weighted by molar-refractivity contribution is 0.0982. The van der Waals surface area contributed by atoms with Gasteiger partial charge in [0.25, 0.3) is 11.8 Å². The maximum atomic E-state index is 15.0. The van der Waals surface area contributed by atoms with Crippen LogP contribution in [0.25, 0.3) is 97.7 Å². The zero-order valence-corrected chi connectivity index (χ0v) is 70.9. The number of nitrogens with one attached hydrogen (secondary N) is 3. The molecule has 598 valence electrons. The van der Waals surface area contributed by atoms with Gasteiger partial charge in [0.2, 0.25) is 0 Å². The Morgan fingerprint density at radius 2 is 0.653 bits per heavy atom. The number of hydroxylamine groups is 1. The summed E-state index contributed by atoms with van der Waals surface area (Å²) >= 11 is 39.1. The molecule has 19 nitrogen and oxygen atoms in total. The Balaban J connectivity index is 0.747. The Morgan fingerprint density at radius 1 is 0.339 bits per heavy atom. The van der Waals surface area contributed by atoms with Crippen molar-refractivity contribution in [3.8, 4) is 17.2 Å². The van der Waals surface area contributed by atoms with E-state index < -0.39 is 0 Å². The highest BCUT2D eigenvalue weighted by Crippen LogP contribution is 2.51. The van der Waals surface area contributed by atoms with Gasteiger partial charge in [0.1, 0.15) is 23.7 Å². The first-order chi connectivity index (χ1) is 58.6. The zero-order valence-electron chi connectivity index (χ0n) is 66.4. The van der Waals surface area contributed by atoms with E-state index in [2.05, 4.69) is 38.1 Å². The second-order valence-corrected chi connectivity index (χ2v) is 32.1. The fourth-order valence-electron chi connectivity index (χ4n) is 16.3. The van der Waals surface area contributed by atoms with Crippen LogP contribution in [0.2, 0.25) is 30.1 Å². The first-order valence-corrected chi connectivity index (χ1v) is 40.7. The van der Waals surface area contributed by atoms with Crippen molar-refractivity contribution in [3.05, 3.63) is 300 Å². The van der Waals surface area contributed by atoms with E-state index >= 15 is 0 Å². The molecule has 15 aromatic carbocycles. The monoisotopic (exact) mass is 1710 g/mol. The van der Waals surface area contributed by atoms with Crippen LogP contribution in [0.4, 0.5) is 68.2 Å². The number of rotatable bonds is 20. The molecule has 3 N–H and O–H groups in total. The number of ether oxygens (including phenoxy) is 3. The standard InChI is InChI=1S/C96H71Cl6N13O6/c1-50-40-57(97)16-37-80(50)112(4)95(116)75-44-54-11-32-70-73-47-61(101)14-35-78(73)104-87(70)84(54)90(93(75)119-8)110-107-64-21-27-67(28-22-64)115(66-25-19-63(20-26-66)106-109-89-83-53(10-31-69-72-46-60(100)13-34-77(72)103-86(69)83)43-56(92(89)118-7)49-121-114(6)82-39-18-59(99)42-52(82)3)68-29-23-65(24-30-68)108-111-91-85-55(12-33-71-74-48-62(102)15-36-79(74)105-88(71)85)45-76(94(91)120-9)96(117)113(5)81-38-17-58(98)41-51(81)2/h10-48,103-105H,49H2,1-9H3. The summed E-state index contributed by atoms with van der Waals surface area (Å²) in [6.45, 7) is 5.91. The summed E-state index contributed by atoms with van der Waals surface area (Å²) in [6.07, 6.45) is 0. The van der Waals surface area contributed by atoms with E-state index in [1.807, 2.05) is 234 Å². The molecule has 0 fully saturated rings. The van der Waals surface area contributed by atoms with Gasteiger partial charge in [-0.25, -0.2) is 0 Å². The fraction of sp³-hybridized carbons (Fsp3) is 0.104. The number of benzene rings is 15. The average molecular weight is 1720 g/mol. The Kier molecular flexibility index (Phi) is 21.1. The summed E-state index contributed by atoms with van der Waals surface area (Å²) in [5, 5.41) is 45.2. The van der Waals surface area contributed by atoms with Crippen molar-refractivity contribution < 1.29 is 28.6 Å². The minimum Gasteiger partial charge on any atom is -0.494 e. The molecule has 0 unspecified atom stereocenters. The molecule has 0 aliphatic rings. The number of carbonyl (C=O) groups is 2. The first kappa shape index (κ1) is 79.1. The summed E-state index contributed by atoms with van der Waals surface area (Å²) in [5.74, 6) is 0.232. The number of anilines is 6. The molecular formula is C96H71Cl6N13O6. The van der Waals surface area contributed by atoms with Gasteiger partial charge in [-0.15, -0.1) is 15.3 Å². The van der Waals surface area contributed by atoms with Crippen LogP contribution in [-0.4, -0.2) is 69.2 Å². The van der Waals surface area contributed by atoms with Crippen LogP contribution in [0.15, 0.2) is 267 Å². The Morgan fingerprint density at radius 3 is 0.992 bits per heavy atom. The van der Waals surface area contributed by atoms with E-state index in [4.69, 9.17) is 119 Å². The molecule has 0 spiro atoms. The first-order valence-electron chi connectivity index (χ1n) is 38.4. The van der Waals surface area contributed by atoms with Crippen molar-refractivity contribution in [1.29, 1.82) is 0 Å². The van der Waals surface area contributed by atoms with Crippen LogP contribution < -0.4 is 34.0 Å². The molecule has 0 aliphatic carbocycles. The minimum absolute atomic E-state index is 0.119. The number of azo groups is 3. The third kappa shape index (κ3) is 14.6. The number of hydrogen-bond acceptors (Lipinski definition) is 14. The topological polar surface area (TPSA) is 206 Å². The summed E-state index contributed by atoms with van der Waals surface area (Å²) in [7, 11) is 9.95. The molecule has 25 heteroatoms. The number of halogens is 6. The highest BCUT2D eigenvalue weighted by Gasteiger charge is 2.30. The highest BCUT2D eigenvalue weighted by molar-refractivity contribution is 6.35. The van der Waals surface area contributed by atoms with E-state index in [1.165, 1.54) is 14.2 Å². The molecule has 0 saturated heterocycles. The normalized spacial score (nSPS) is 12.0. The number of nitrogens with zero attached hydrogens (tertiary/aromatic N) is 10. The van der Waals surface area contributed by atoms with Crippen molar-refractivity contribution in [2.24, 2.45) is 30.7 Å². The summed E-state index contributed by atoms with van der Waals surface area (Å²) in [4.78, 5) is 52.5.